The molecule has 0 bridgehead atoms. The van der Waals surface area contributed by atoms with Crippen LogP contribution in [0.4, 0.5) is 5.69 Å². The van der Waals surface area contributed by atoms with E-state index in [1.54, 1.807) is 0 Å². The van der Waals surface area contributed by atoms with Gasteiger partial charge in [-0.25, -0.2) is 0 Å². The molecule has 2 rings (SSSR count). The van der Waals surface area contributed by atoms with Gasteiger partial charge in [0.05, 0.1) is 11.9 Å². The number of nitrogen functional groups attached to an aromatic ring is 1. The minimum Gasteiger partial charge on any atom is -0.396 e. The number of carbonyl (C=O) groups is 1. The van der Waals surface area contributed by atoms with Crippen molar-refractivity contribution in [3.05, 3.63) is 11.9 Å². The highest BCUT2D eigenvalue weighted by molar-refractivity contribution is 5.97. The molecule has 14 heavy (non-hydrogen) atoms. The van der Waals surface area contributed by atoms with Gasteiger partial charge in [0.1, 0.15) is 5.69 Å². The molecule has 1 aliphatic carbocycles. The first kappa shape index (κ1) is 9.05. The summed E-state index contributed by atoms with van der Waals surface area (Å²) in [5.74, 6) is -0.171. The summed E-state index contributed by atoms with van der Waals surface area (Å²) in [5, 5.41) is 9.17. The molecule has 0 aromatic carbocycles. The molecule has 1 fully saturated rings. The summed E-state index contributed by atoms with van der Waals surface area (Å²) in [4.78, 5) is 11.6. The Hall–Kier alpha value is -1.52. The predicted molar refractivity (Wildman–Crippen MR) is 52.7 cm³/mol. The Morgan fingerprint density at radius 2 is 2.43 bits per heavy atom. The third-order valence-electron chi connectivity index (χ3n) is 2.71. The van der Waals surface area contributed by atoms with E-state index in [1.165, 1.54) is 6.20 Å². The van der Waals surface area contributed by atoms with Crippen LogP contribution in [0.25, 0.3) is 0 Å². The van der Waals surface area contributed by atoms with E-state index in [-0.39, 0.29) is 17.4 Å². The van der Waals surface area contributed by atoms with Crippen molar-refractivity contribution in [1.29, 1.82) is 0 Å². The largest absolute Gasteiger partial charge is 0.396 e. The Kier molecular flexibility index (Phi) is 1.77. The highest BCUT2D eigenvalue weighted by Crippen LogP contribution is 2.44. The maximum absolute atomic E-state index is 11.6. The molecule has 1 unspecified atom stereocenters. The molecule has 5 heteroatoms. The topological polar surface area (TPSA) is 83.8 Å². The number of carbonyl (C=O) groups excluding carboxylic acids is 1. The highest BCUT2D eigenvalue weighted by Gasteiger charge is 2.46. The molecule has 0 spiro atoms. The van der Waals surface area contributed by atoms with Crippen molar-refractivity contribution in [2.45, 2.75) is 26.3 Å². The zero-order valence-electron chi connectivity index (χ0n) is 8.29. The Morgan fingerprint density at radius 1 is 1.79 bits per heavy atom. The quantitative estimate of drug-likeness (QED) is 0.641. The molecule has 0 radical (unpaired) electrons. The molecular weight excluding hydrogens is 180 g/mol. The molecule has 1 aromatic rings. The van der Waals surface area contributed by atoms with Gasteiger partial charge in [-0.1, -0.05) is 13.8 Å². The molecule has 5 nitrogen and oxygen atoms in total. The van der Waals surface area contributed by atoms with E-state index in [0.29, 0.717) is 11.4 Å². The second-order valence-corrected chi connectivity index (χ2v) is 4.42. The number of aromatic amines is 1. The average Bonchev–Trinajstić information content (AvgIpc) is 2.53. The van der Waals surface area contributed by atoms with E-state index >= 15 is 0 Å². The van der Waals surface area contributed by atoms with Gasteiger partial charge in [0, 0.05) is 6.04 Å². The fraction of sp³-hybridized carbons (Fsp3) is 0.556. The van der Waals surface area contributed by atoms with Gasteiger partial charge < -0.3 is 11.1 Å². The van der Waals surface area contributed by atoms with E-state index in [9.17, 15) is 4.79 Å². The lowest BCUT2D eigenvalue weighted by molar-refractivity contribution is 0.0942. The van der Waals surface area contributed by atoms with Crippen LogP contribution in [-0.4, -0.2) is 22.1 Å². The summed E-state index contributed by atoms with van der Waals surface area (Å²) in [6.45, 7) is 4.24. The standard InChI is InChI=1S/C9H14N4O/c1-9(2)3-6(9)12-8(14)7-5(10)4-11-13-7/h4,6H,3,10H2,1-2H3,(H,11,13)(H,12,14). The zero-order chi connectivity index (χ0) is 10.3. The monoisotopic (exact) mass is 194 g/mol. The normalized spacial score (nSPS) is 23.1. The van der Waals surface area contributed by atoms with Crippen LogP contribution in [0.2, 0.25) is 0 Å². The van der Waals surface area contributed by atoms with Gasteiger partial charge in [-0.15, -0.1) is 0 Å². The van der Waals surface area contributed by atoms with E-state index in [2.05, 4.69) is 29.4 Å². The number of H-pyrrole nitrogens is 1. The molecule has 0 saturated heterocycles. The van der Waals surface area contributed by atoms with Crippen molar-refractivity contribution in [3.8, 4) is 0 Å². The first-order valence-electron chi connectivity index (χ1n) is 4.60. The van der Waals surface area contributed by atoms with Gasteiger partial charge in [0.2, 0.25) is 0 Å². The maximum atomic E-state index is 11.6. The van der Waals surface area contributed by atoms with Crippen LogP contribution in [0.5, 0.6) is 0 Å². The van der Waals surface area contributed by atoms with E-state index in [0.717, 1.165) is 6.42 Å². The first-order chi connectivity index (χ1) is 6.50. The van der Waals surface area contributed by atoms with Crippen molar-refractivity contribution in [2.24, 2.45) is 5.41 Å². The van der Waals surface area contributed by atoms with Gasteiger partial charge in [0.25, 0.3) is 5.91 Å². The van der Waals surface area contributed by atoms with Crippen LogP contribution in [0.1, 0.15) is 30.8 Å². The van der Waals surface area contributed by atoms with Gasteiger partial charge in [-0.3, -0.25) is 9.89 Å². The van der Waals surface area contributed by atoms with Gasteiger partial charge >= 0.3 is 0 Å². The van der Waals surface area contributed by atoms with Gasteiger partial charge in [0.15, 0.2) is 0 Å². The molecule has 0 aliphatic heterocycles. The molecule has 1 aromatic heterocycles. The number of amides is 1. The highest BCUT2D eigenvalue weighted by atomic mass is 16.2. The number of nitrogens with one attached hydrogen (secondary N) is 2. The second-order valence-electron chi connectivity index (χ2n) is 4.42. The summed E-state index contributed by atoms with van der Waals surface area (Å²) < 4.78 is 0. The van der Waals surface area contributed by atoms with Crippen molar-refractivity contribution in [1.82, 2.24) is 15.5 Å². The van der Waals surface area contributed by atoms with Gasteiger partial charge in [-0.05, 0) is 11.8 Å². The van der Waals surface area contributed by atoms with E-state index < -0.39 is 0 Å². The number of rotatable bonds is 2. The summed E-state index contributed by atoms with van der Waals surface area (Å²) in [5.41, 5.74) is 6.52. The maximum Gasteiger partial charge on any atom is 0.271 e. The first-order valence-corrected chi connectivity index (χ1v) is 4.60. The molecule has 1 heterocycles. The van der Waals surface area contributed by atoms with Crippen LogP contribution in [0, 0.1) is 5.41 Å². The van der Waals surface area contributed by atoms with Gasteiger partial charge in [-0.2, -0.15) is 5.10 Å². The van der Waals surface area contributed by atoms with Crippen molar-refractivity contribution in [3.63, 3.8) is 0 Å². The molecule has 1 amide bonds. The molecular formula is C9H14N4O. The third kappa shape index (κ3) is 1.45. The number of nitrogens with two attached hydrogens (primary N) is 1. The van der Waals surface area contributed by atoms with Crippen LogP contribution >= 0.6 is 0 Å². The van der Waals surface area contributed by atoms with Crippen LogP contribution < -0.4 is 11.1 Å². The number of hydrogen-bond acceptors (Lipinski definition) is 3. The summed E-state index contributed by atoms with van der Waals surface area (Å²) in [6.07, 6.45) is 2.46. The van der Waals surface area contributed by atoms with E-state index in [4.69, 9.17) is 5.73 Å². The fourth-order valence-electron chi connectivity index (χ4n) is 1.42. The third-order valence-corrected chi connectivity index (χ3v) is 2.71. The summed E-state index contributed by atoms with van der Waals surface area (Å²) >= 11 is 0. The zero-order valence-corrected chi connectivity index (χ0v) is 8.29. The average molecular weight is 194 g/mol. The van der Waals surface area contributed by atoms with Crippen LogP contribution in [0.15, 0.2) is 6.20 Å². The smallest absolute Gasteiger partial charge is 0.271 e. The second kappa shape index (κ2) is 2.73. The fourth-order valence-corrected chi connectivity index (χ4v) is 1.42. The molecule has 76 valence electrons. The number of nitrogens with zero attached hydrogens (tertiary/aromatic N) is 1. The lowest BCUT2D eigenvalue weighted by Crippen LogP contribution is -2.29. The molecule has 4 N–H and O–H groups in total. The van der Waals surface area contributed by atoms with Crippen LogP contribution in [-0.2, 0) is 0 Å². The Balaban J connectivity index is 2.01. The minimum absolute atomic E-state index is 0.171. The number of hydrogen-bond donors (Lipinski definition) is 3. The SMILES string of the molecule is CC1(C)CC1NC(=O)c1[nH]ncc1N. The lowest BCUT2D eigenvalue weighted by Gasteiger charge is -2.05. The summed E-state index contributed by atoms with van der Waals surface area (Å²) in [6, 6.07) is 0.262. The van der Waals surface area contributed by atoms with Crippen molar-refractivity contribution in [2.75, 3.05) is 5.73 Å². The Labute approximate surface area is 82.1 Å². The molecule has 1 aliphatic rings. The lowest BCUT2D eigenvalue weighted by atomic mass is 10.2. The Bertz CT molecular complexity index is 369. The minimum atomic E-state index is -0.171. The van der Waals surface area contributed by atoms with Crippen molar-refractivity contribution < 1.29 is 4.79 Å². The molecule has 1 atom stereocenters. The predicted octanol–water partition coefficient (Wildman–Crippen LogP) is 0.520. The van der Waals surface area contributed by atoms with Crippen molar-refractivity contribution >= 4 is 11.6 Å². The Morgan fingerprint density at radius 3 is 2.86 bits per heavy atom. The number of anilines is 1. The molecule has 1 saturated carbocycles. The summed E-state index contributed by atoms with van der Waals surface area (Å²) in [7, 11) is 0. The van der Waals surface area contributed by atoms with Crippen LogP contribution in [0.3, 0.4) is 0 Å². The number of aromatic nitrogens is 2. The van der Waals surface area contributed by atoms with E-state index in [1.807, 2.05) is 0 Å².